The van der Waals surface area contributed by atoms with Crippen LogP contribution in [-0.4, -0.2) is 36.7 Å². The third-order valence-electron chi connectivity index (χ3n) is 4.81. The summed E-state index contributed by atoms with van der Waals surface area (Å²) in [6, 6.07) is 8.81. The number of hydrogen-bond donors (Lipinski definition) is 4. The van der Waals surface area contributed by atoms with Crippen molar-refractivity contribution in [3.8, 4) is 11.5 Å². The van der Waals surface area contributed by atoms with Crippen LogP contribution >= 0.6 is 0 Å². The molecule has 0 spiro atoms. The summed E-state index contributed by atoms with van der Waals surface area (Å²) in [6.07, 6.45) is 0. The van der Waals surface area contributed by atoms with E-state index in [1.54, 1.807) is 19.9 Å². The standard InChI is InChI=1S/C16H14B2N2O5/c17-18-14(23)20-15-8-5-4-7(21)6-11(8)25-16(15,24)9-2-1-3-10(19)12(9)13(15)22/h1-6,18,21,24H,17,19H2,(H,20,23). The number of Topliss-reactive ketones (excluding diaryl/α,β-unsaturated/α-hetero) is 1. The largest absolute Gasteiger partial charge is 0.508 e. The molecule has 1 aliphatic heterocycles. The molecule has 0 bridgehead atoms. The van der Waals surface area contributed by atoms with Crippen LogP contribution < -0.4 is 15.8 Å². The topological polar surface area (TPSA) is 122 Å². The van der Waals surface area contributed by atoms with Crippen LogP contribution in [0.5, 0.6) is 11.5 Å². The fraction of sp³-hybridized carbons (Fsp3) is 0.125. The lowest BCUT2D eigenvalue weighted by atomic mass is 9.55. The molecule has 25 heavy (non-hydrogen) atoms. The fourth-order valence-electron chi connectivity index (χ4n) is 3.66. The molecule has 2 atom stereocenters. The first-order chi connectivity index (χ1) is 11.8. The number of fused-ring (bicyclic) bond motifs is 5. The van der Waals surface area contributed by atoms with E-state index in [0.29, 0.717) is 0 Å². The molecule has 0 fully saturated rings. The Morgan fingerprint density at radius 1 is 1.28 bits per heavy atom. The van der Waals surface area contributed by atoms with Crippen LogP contribution in [0.25, 0.3) is 0 Å². The smallest absolute Gasteiger partial charge is 0.271 e. The predicted octanol–water partition coefficient (Wildman–Crippen LogP) is -0.702. The van der Waals surface area contributed by atoms with Gasteiger partial charge in [-0.1, -0.05) is 12.1 Å². The highest BCUT2D eigenvalue weighted by atomic mass is 16.6. The third-order valence-corrected chi connectivity index (χ3v) is 4.81. The molecule has 9 heteroatoms. The zero-order valence-corrected chi connectivity index (χ0v) is 13.4. The molecule has 0 aromatic heterocycles. The molecule has 1 aliphatic carbocycles. The SMILES string of the molecule is BBC(=O)NC12C(=O)c3c(N)cccc3C1(O)Oc1cc(O)ccc12. The average molecular weight is 336 g/mol. The third kappa shape index (κ3) is 1.70. The van der Waals surface area contributed by atoms with Crippen molar-refractivity contribution in [3.05, 3.63) is 53.1 Å². The summed E-state index contributed by atoms with van der Waals surface area (Å²) >= 11 is 0. The van der Waals surface area contributed by atoms with Gasteiger partial charge in [0.2, 0.25) is 11.3 Å². The van der Waals surface area contributed by atoms with Crippen LogP contribution in [0.2, 0.25) is 0 Å². The molecule has 1 heterocycles. The molecule has 0 saturated heterocycles. The summed E-state index contributed by atoms with van der Waals surface area (Å²) in [5.74, 6) is -3.08. The highest BCUT2D eigenvalue weighted by Crippen LogP contribution is 2.59. The molecule has 4 rings (SSSR count). The Kier molecular flexibility index (Phi) is 2.99. The van der Waals surface area contributed by atoms with E-state index in [2.05, 4.69) is 5.32 Å². The zero-order valence-electron chi connectivity index (χ0n) is 13.4. The Morgan fingerprint density at radius 2 is 2.04 bits per heavy atom. The van der Waals surface area contributed by atoms with Gasteiger partial charge in [-0.15, -0.1) is 0 Å². The number of ketones is 1. The fourth-order valence-corrected chi connectivity index (χ4v) is 3.66. The van der Waals surface area contributed by atoms with E-state index in [-0.39, 0.29) is 41.0 Å². The van der Waals surface area contributed by atoms with Gasteiger partial charge >= 0.3 is 0 Å². The quantitative estimate of drug-likeness (QED) is 0.425. The van der Waals surface area contributed by atoms with E-state index in [0.717, 1.165) is 0 Å². The maximum absolute atomic E-state index is 13.3. The molecule has 0 saturated carbocycles. The molecule has 2 aromatic rings. The van der Waals surface area contributed by atoms with Crippen molar-refractivity contribution >= 4 is 32.2 Å². The Balaban J connectivity index is 2.05. The van der Waals surface area contributed by atoms with Gasteiger partial charge in [0, 0.05) is 22.9 Å². The molecular formula is C16H14B2N2O5. The van der Waals surface area contributed by atoms with Crippen LogP contribution in [-0.2, 0) is 11.3 Å². The average Bonchev–Trinajstić information content (AvgIpc) is 2.92. The number of carbonyl (C=O) groups is 2. The van der Waals surface area contributed by atoms with E-state index in [9.17, 15) is 19.8 Å². The van der Waals surface area contributed by atoms with Gasteiger partial charge < -0.3 is 26.0 Å². The summed E-state index contributed by atoms with van der Waals surface area (Å²) in [6.45, 7) is 0. The number of nitrogens with two attached hydrogens (primary N) is 1. The molecule has 2 aliphatic rings. The van der Waals surface area contributed by atoms with Crippen molar-refractivity contribution in [1.82, 2.24) is 5.32 Å². The van der Waals surface area contributed by atoms with Gasteiger partial charge in [-0.25, -0.2) is 0 Å². The van der Waals surface area contributed by atoms with Crippen LogP contribution in [0.1, 0.15) is 21.5 Å². The molecular weight excluding hydrogens is 322 g/mol. The first-order valence-electron chi connectivity index (χ1n) is 7.85. The minimum absolute atomic E-state index is 0.0838. The number of nitrogen functional groups attached to an aromatic ring is 1. The number of phenols is 1. The number of nitrogens with one attached hydrogen (secondary N) is 1. The Hall–Kier alpha value is -2.93. The van der Waals surface area contributed by atoms with Gasteiger partial charge in [0.15, 0.2) is 13.0 Å². The number of benzene rings is 2. The lowest BCUT2D eigenvalue weighted by molar-refractivity contribution is -0.168. The van der Waals surface area contributed by atoms with E-state index in [4.69, 9.17) is 10.5 Å². The number of anilines is 1. The first-order valence-corrected chi connectivity index (χ1v) is 7.85. The van der Waals surface area contributed by atoms with Gasteiger partial charge in [0.1, 0.15) is 11.5 Å². The van der Waals surface area contributed by atoms with Crippen molar-refractivity contribution < 1.29 is 24.5 Å². The van der Waals surface area contributed by atoms with Crippen LogP contribution in [0.15, 0.2) is 36.4 Å². The molecule has 5 N–H and O–H groups in total. The van der Waals surface area contributed by atoms with Gasteiger partial charge in [-0.3, -0.25) is 9.59 Å². The van der Waals surface area contributed by atoms with Crippen molar-refractivity contribution in [3.63, 3.8) is 0 Å². The monoisotopic (exact) mass is 336 g/mol. The predicted molar refractivity (Wildman–Crippen MR) is 93.7 cm³/mol. The summed E-state index contributed by atoms with van der Waals surface area (Å²) in [5.41, 5.74) is 4.88. The molecule has 1 amide bonds. The number of aliphatic hydroxyl groups is 1. The molecule has 7 nitrogen and oxygen atoms in total. The van der Waals surface area contributed by atoms with Crippen LogP contribution in [0.3, 0.4) is 0 Å². The highest BCUT2D eigenvalue weighted by Gasteiger charge is 2.71. The summed E-state index contributed by atoms with van der Waals surface area (Å²) in [5, 5.41) is 23.7. The number of carbonyl (C=O) groups excluding carboxylic acids is 2. The molecule has 2 unspecified atom stereocenters. The Bertz CT molecular complexity index is 950. The molecule has 0 radical (unpaired) electrons. The number of phenolic OH excluding ortho intramolecular Hbond substituents is 1. The van der Waals surface area contributed by atoms with Crippen molar-refractivity contribution in [2.75, 3.05) is 5.73 Å². The lowest BCUT2D eigenvalue weighted by Gasteiger charge is -2.34. The molecule has 124 valence electrons. The number of aromatic hydroxyl groups is 1. The van der Waals surface area contributed by atoms with Crippen LogP contribution in [0.4, 0.5) is 10.5 Å². The van der Waals surface area contributed by atoms with E-state index < -0.39 is 22.9 Å². The number of hydrogen-bond acceptors (Lipinski definition) is 6. The van der Waals surface area contributed by atoms with E-state index >= 15 is 0 Å². The summed E-state index contributed by atoms with van der Waals surface area (Å²) in [4.78, 5) is 25.5. The number of rotatable bonds is 2. The van der Waals surface area contributed by atoms with Crippen molar-refractivity contribution in [1.29, 1.82) is 0 Å². The van der Waals surface area contributed by atoms with E-state index in [1.807, 2.05) is 0 Å². The van der Waals surface area contributed by atoms with Gasteiger partial charge in [0.25, 0.3) is 5.79 Å². The number of ether oxygens (including phenoxy) is 1. The lowest BCUT2D eigenvalue weighted by Crippen LogP contribution is -2.60. The summed E-state index contributed by atoms with van der Waals surface area (Å²) < 4.78 is 5.70. The van der Waals surface area contributed by atoms with Crippen LogP contribution in [0, 0.1) is 0 Å². The second kappa shape index (κ2) is 4.80. The maximum Gasteiger partial charge on any atom is 0.271 e. The second-order valence-electron chi connectivity index (χ2n) is 6.18. The zero-order chi connectivity index (χ0) is 18.0. The Labute approximate surface area is 144 Å². The van der Waals surface area contributed by atoms with Gasteiger partial charge in [-0.05, 0) is 18.2 Å². The highest BCUT2D eigenvalue weighted by molar-refractivity contribution is 7.08. The van der Waals surface area contributed by atoms with Gasteiger partial charge in [0.05, 0.1) is 13.3 Å². The van der Waals surface area contributed by atoms with Crippen molar-refractivity contribution in [2.24, 2.45) is 0 Å². The minimum atomic E-state index is -2.14. The van der Waals surface area contributed by atoms with E-state index in [1.165, 1.54) is 24.3 Å². The summed E-state index contributed by atoms with van der Waals surface area (Å²) in [7, 11) is 1.75. The number of amides is 1. The first kappa shape index (κ1) is 15.6. The van der Waals surface area contributed by atoms with Crippen molar-refractivity contribution in [2.45, 2.75) is 11.3 Å². The van der Waals surface area contributed by atoms with Gasteiger partial charge in [-0.2, -0.15) is 0 Å². The molecule has 2 aromatic carbocycles. The second-order valence-corrected chi connectivity index (χ2v) is 6.18. The normalized spacial score (nSPS) is 25.6. The Morgan fingerprint density at radius 3 is 2.76 bits per heavy atom. The minimum Gasteiger partial charge on any atom is -0.508 e. The maximum atomic E-state index is 13.3.